The third-order valence-corrected chi connectivity index (χ3v) is 3.00. The van der Waals surface area contributed by atoms with E-state index in [0.717, 1.165) is 5.56 Å². The summed E-state index contributed by atoms with van der Waals surface area (Å²) in [5.74, 6) is 0. The zero-order valence-corrected chi connectivity index (χ0v) is 11.6. The van der Waals surface area contributed by atoms with Crippen LogP contribution in [-0.2, 0) is 6.61 Å². The molecular weight excluding hydrogens is 327 g/mol. The Hall–Kier alpha value is -0.840. The van der Waals surface area contributed by atoms with E-state index in [1.54, 1.807) is 24.4 Å². The first-order chi connectivity index (χ1) is 8.15. The molecule has 0 saturated carbocycles. The lowest BCUT2D eigenvalue weighted by atomic mass is 10.2. The van der Waals surface area contributed by atoms with Gasteiger partial charge in [-0.2, -0.15) is 4.98 Å². The zero-order valence-electron chi connectivity index (χ0n) is 8.53. The van der Waals surface area contributed by atoms with Crippen molar-refractivity contribution in [3.63, 3.8) is 0 Å². The maximum Gasteiger partial charge on any atom is 0.317 e. The van der Waals surface area contributed by atoms with Crippen LogP contribution < -0.4 is 4.74 Å². The van der Waals surface area contributed by atoms with Gasteiger partial charge in [-0.15, -0.1) is 0 Å². The average Bonchev–Trinajstić information content (AvgIpc) is 2.28. The second-order valence-electron chi connectivity index (χ2n) is 3.19. The third kappa shape index (κ3) is 3.56. The van der Waals surface area contributed by atoms with E-state index in [1.807, 2.05) is 6.07 Å². The predicted molar refractivity (Wildman–Crippen MR) is 70.5 cm³/mol. The molecular formula is C11H7BrCl2N2O. The van der Waals surface area contributed by atoms with Crippen molar-refractivity contribution in [2.45, 2.75) is 6.61 Å². The van der Waals surface area contributed by atoms with E-state index in [4.69, 9.17) is 27.9 Å². The van der Waals surface area contributed by atoms with Crippen LogP contribution in [0.4, 0.5) is 0 Å². The van der Waals surface area contributed by atoms with Crippen molar-refractivity contribution in [2.75, 3.05) is 0 Å². The van der Waals surface area contributed by atoms with Crippen molar-refractivity contribution in [2.24, 2.45) is 0 Å². The Morgan fingerprint density at radius 2 is 2.06 bits per heavy atom. The van der Waals surface area contributed by atoms with E-state index in [9.17, 15) is 0 Å². The first-order valence-corrected chi connectivity index (χ1v) is 6.25. The zero-order chi connectivity index (χ0) is 12.3. The van der Waals surface area contributed by atoms with Crippen LogP contribution in [0.2, 0.25) is 10.0 Å². The summed E-state index contributed by atoms with van der Waals surface area (Å²) in [6.45, 7) is 0.298. The fraction of sp³-hybridized carbons (Fsp3) is 0.0909. The van der Waals surface area contributed by atoms with Crippen LogP contribution >= 0.6 is 39.1 Å². The Morgan fingerprint density at radius 1 is 1.24 bits per heavy atom. The van der Waals surface area contributed by atoms with Gasteiger partial charge >= 0.3 is 6.01 Å². The second-order valence-corrected chi connectivity index (χ2v) is 4.84. The van der Waals surface area contributed by atoms with Gasteiger partial charge in [0, 0.05) is 21.8 Å². The maximum absolute atomic E-state index is 6.01. The summed E-state index contributed by atoms with van der Waals surface area (Å²) in [4.78, 5) is 8.02. The molecule has 17 heavy (non-hydrogen) atoms. The van der Waals surface area contributed by atoms with Gasteiger partial charge in [-0.05, 0) is 34.1 Å². The molecule has 0 amide bonds. The molecule has 0 radical (unpaired) electrons. The van der Waals surface area contributed by atoms with Crippen LogP contribution in [0, 0.1) is 0 Å². The van der Waals surface area contributed by atoms with Crippen LogP contribution in [-0.4, -0.2) is 9.97 Å². The highest BCUT2D eigenvalue weighted by molar-refractivity contribution is 9.10. The van der Waals surface area contributed by atoms with Gasteiger partial charge in [0.2, 0.25) is 0 Å². The van der Waals surface area contributed by atoms with E-state index >= 15 is 0 Å². The highest BCUT2D eigenvalue weighted by Gasteiger charge is 2.04. The smallest absolute Gasteiger partial charge is 0.317 e. The SMILES string of the molecule is Clc1ccc(COc2nccc(Br)n2)c(Cl)c1. The molecule has 0 aliphatic carbocycles. The molecule has 0 spiro atoms. The molecule has 0 bridgehead atoms. The molecule has 3 nitrogen and oxygen atoms in total. The minimum Gasteiger partial charge on any atom is -0.459 e. The molecule has 0 N–H and O–H groups in total. The van der Waals surface area contributed by atoms with Gasteiger partial charge in [0.25, 0.3) is 0 Å². The Kier molecular flexibility index (Phi) is 4.20. The number of nitrogens with zero attached hydrogens (tertiary/aromatic N) is 2. The van der Waals surface area contributed by atoms with E-state index in [2.05, 4.69) is 25.9 Å². The van der Waals surface area contributed by atoms with Gasteiger partial charge in [0.05, 0.1) is 0 Å². The molecule has 0 saturated heterocycles. The van der Waals surface area contributed by atoms with Crippen molar-refractivity contribution >= 4 is 39.1 Å². The van der Waals surface area contributed by atoms with Gasteiger partial charge in [0.15, 0.2) is 0 Å². The van der Waals surface area contributed by atoms with E-state index in [1.165, 1.54) is 0 Å². The van der Waals surface area contributed by atoms with Gasteiger partial charge < -0.3 is 4.74 Å². The highest BCUT2D eigenvalue weighted by Crippen LogP contribution is 2.22. The quantitative estimate of drug-likeness (QED) is 0.792. The first-order valence-electron chi connectivity index (χ1n) is 4.70. The van der Waals surface area contributed by atoms with E-state index < -0.39 is 0 Å². The third-order valence-electron chi connectivity index (χ3n) is 1.97. The van der Waals surface area contributed by atoms with Crippen LogP contribution in [0.3, 0.4) is 0 Å². The van der Waals surface area contributed by atoms with Crippen molar-refractivity contribution in [3.05, 3.63) is 50.7 Å². The van der Waals surface area contributed by atoms with Crippen LogP contribution in [0.25, 0.3) is 0 Å². The number of benzene rings is 1. The monoisotopic (exact) mass is 332 g/mol. The molecule has 1 aromatic carbocycles. The minimum absolute atomic E-state index is 0.297. The molecule has 0 aliphatic rings. The van der Waals surface area contributed by atoms with Crippen molar-refractivity contribution < 1.29 is 4.74 Å². The van der Waals surface area contributed by atoms with Gasteiger partial charge in [-0.3, -0.25) is 0 Å². The molecule has 2 rings (SSSR count). The highest BCUT2D eigenvalue weighted by atomic mass is 79.9. The summed E-state index contributed by atoms with van der Waals surface area (Å²) in [6, 6.07) is 7.26. The summed E-state index contributed by atoms with van der Waals surface area (Å²) in [6.07, 6.45) is 1.61. The van der Waals surface area contributed by atoms with Crippen molar-refractivity contribution in [1.82, 2.24) is 9.97 Å². The standard InChI is InChI=1S/C11H7BrCl2N2O/c12-10-3-4-15-11(16-10)17-6-7-1-2-8(13)5-9(7)14/h1-5H,6H2. The maximum atomic E-state index is 6.01. The number of rotatable bonds is 3. The number of hydrogen-bond acceptors (Lipinski definition) is 3. The molecule has 1 heterocycles. The molecule has 0 atom stereocenters. The number of aromatic nitrogens is 2. The number of halogens is 3. The first kappa shape index (κ1) is 12.6. The Morgan fingerprint density at radius 3 is 2.76 bits per heavy atom. The van der Waals surface area contributed by atoms with Crippen molar-refractivity contribution in [3.8, 4) is 6.01 Å². The molecule has 1 aromatic heterocycles. The molecule has 0 fully saturated rings. The summed E-state index contributed by atoms with van der Waals surface area (Å²) in [7, 11) is 0. The van der Waals surface area contributed by atoms with Crippen LogP contribution in [0.5, 0.6) is 6.01 Å². The predicted octanol–water partition coefficient (Wildman–Crippen LogP) is 4.12. The Bertz CT molecular complexity index is 537. The summed E-state index contributed by atoms with van der Waals surface area (Å²) < 4.78 is 6.08. The Balaban J connectivity index is 2.07. The van der Waals surface area contributed by atoms with E-state index in [-0.39, 0.29) is 0 Å². The van der Waals surface area contributed by atoms with Crippen LogP contribution in [0.1, 0.15) is 5.56 Å². The molecule has 0 aliphatic heterocycles. The average molecular weight is 334 g/mol. The lowest BCUT2D eigenvalue weighted by Crippen LogP contribution is -1.99. The van der Waals surface area contributed by atoms with Gasteiger partial charge in [0.1, 0.15) is 11.2 Å². The summed E-state index contributed by atoms with van der Waals surface area (Å²) in [5.41, 5.74) is 0.833. The fourth-order valence-corrected chi connectivity index (χ4v) is 1.90. The van der Waals surface area contributed by atoms with Crippen LogP contribution in [0.15, 0.2) is 35.1 Å². The largest absolute Gasteiger partial charge is 0.459 e. The van der Waals surface area contributed by atoms with E-state index in [0.29, 0.717) is 27.3 Å². The minimum atomic E-state index is 0.297. The van der Waals surface area contributed by atoms with Gasteiger partial charge in [-0.25, -0.2) is 4.98 Å². The lowest BCUT2D eigenvalue weighted by Gasteiger charge is -2.06. The summed E-state index contributed by atoms with van der Waals surface area (Å²) in [5, 5.41) is 1.16. The second kappa shape index (κ2) is 5.67. The number of hydrogen-bond donors (Lipinski definition) is 0. The Labute approximate surface area is 117 Å². The normalized spacial score (nSPS) is 10.3. The topological polar surface area (TPSA) is 35.0 Å². The number of ether oxygens (including phenoxy) is 1. The summed E-state index contributed by atoms with van der Waals surface area (Å²) >= 11 is 15.0. The molecule has 88 valence electrons. The fourth-order valence-electron chi connectivity index (χ4n) is 1.17. The molecule has 6 heteroatoms. The van der Waals surface area contributed by atoms with Crippen molar-refractivity contribution in [1.29, 1.82) is 0 Å². The van der Waals surface area contributed by atoms with Gasteiger partial charge in [-0.1, -0.05) is 29.3 Å². The lowest BCUT2D eigenvalue weighted by molar-refractivity contribution is 0.280. The molecule has 2 aromatic rings. The molecule has 0 unspecified atom stereocenters.